The van der Waals surface area contributed by atoms with Gasteiger partial charge in [0, 0.05) is 12.8 Å². The molecular formula is C10H17N3O. The topological polar surface area (TPSA) is 51.0 Å². The van der Waals surface area contributed by atoms with Crippen molar-refractivity contribution in [3.05, 3.63) is 11.7 Å². The van der Waals surface area contributed by atoms with Crippen LogP contribution in [0.15, 0.2) is 4.52 Å². The van der Waals surface area contributed by atoms with Crippen LogP contribution in [0.1, 0.15) is 31.5 Å². The zero-order valence-corrected chi connectivity index (χ0v) is 8.62. The van der Waals surface area contributed by atoms with Gasteiger partial charge < -0.3 is 9.84 Å². The molecule has 0 amide bonds. The van der Waals surface area contributed by atoms with Crippen LogP contribution in [0.25, 0.3) is 0 Å². The van der Waals surface area contributed by atoms with Crippen LogP contribution in [0.2, 0.25) is 0 Å². The highest BCUT2D eigenvalue weighted by atomic mass is 16.5. The van der Waals surface area contributed by atoms with Crippen molar-refractivity contribution >= 4 is 0 Å². The predicted molar refractivity (Wildman–Crippen MR) is 53.0 cm³/mol. The van der Waals surface area contributed by atoms with E-state index >= 15 is 0 Å². The normalized spacial score (nSPS) is 18.6. The summed E-state index contributed by atoms with van der Waals surface area (Å²) in [7, 11) is 0. The Labute approximate surface area is 84.1 Å². The van der Waals surface area contributed by atoms with E-state index in [9.17, 15) is 0 Å². The summed E-state index contributed by atoms with van der Waals surface area (Å²) in [6.07, 6.45) is 4.26. The van der Waals surface area contributed by atoms with Crippen molar-refractivity contribution in [1.29, 1.82) is 0 Å². The Bertz CT molecular complexity index is 279. The summed E-state index contributed by atoms with van der Waals surface area (Å²) < 4.78 is 5.18. The highest BCUT2D eigenvalue weighted by Crippen LogP contribution is 2.16. The van der Waals surface area contributed by atoms with Crippen molar-refractivity contribution in [2.45, 2.75) is 32.6 Å². The first-order valence-electron chi connectivity index (χ1n) is 5.40. The lowest BCUT2D eigenvalue weighted by atomic mass is 9.95. The van der Waals surface area contributed by atoms with Gasteiger partial charge in [0.15, 0.2) is 5.82 Å². The smallest absolute Gasteiger partial charge is 0.226 e. The van der Waals surface area contributed by atoms with E-state index in [1.54, 1.807) is 0 Å². The van der Waals surface area contributed by atoms with Crippen LogP contribution < -0.4 is 5.32 Å². The lowest BCUT2D eigenvalue weighted by Crippen LogP contribution is -2.28. The molecule has 0 unspecified atom stereocenters. The van der Waals surface area contributed by atoms with Gasteiger partial charge >= 0.3 is 0 Å². The standard InChI is InChI=1S/C10H17N3O/c1-2-9-12-10(14-13-9)7-8-3-5-11-6-4-8/h8,11H,2-7H2,1H3. The van der Waals surface area contributed by atoms with Crippen LogP contribution in [-0.2, 0) is 12.8 Å². The Morgan fingerprint density at radius 3 is 2.86 bits per heavy atom. The number of nitrogens with zero attached hydrogens (tertiary/aromatic N) is 2. The van der Waals surface area contributed by atoms with Gasteiger partial charge in [-0.1, -0.05) is 12.1 Å². The fraction of sp³-hybridized carbons (Fsp3) is 0.800. The van der Waals surface area contributed by atoms with E-state index in [4.69, 9.17) is 4.52 Å². The highest BCUT2D eigenvalue weighted by Gasteiger charge is 2.16. The van der Waals surface area contributed by atoms with E-state index in [-0.39, 0.29) is 0 Å². The molecule has 0 aromatic carbocycles. The van der Waals surface area contributed by atoms with Crippen molar-refractivity contribution in [1.82, 2.24) is 15.5 Å². The monoisotopic (exact) mass is 195 g/mol. The SMILES string of the molecule is CCc1noc(CC2CCNCC2)n1. The molecule has 0 radical (unpaired) electrons. The van der Waals surface area contributed by atoms with Crippen molar-refractivity contribution in [3.8, 4) is 0 Å². The molecular weight excluding hydrogens is 178 g/mol. The molecule has 0 atom stereocenters. The highest BCUT2D eigenvalue weighted by molar-refractivity contribution is 4.88. The van der Waals surface area contributed by atoms with Crippen LogP contribution in [0, 0.1) is 5.92 Å². The summed E-state index contributed by atoms with van der Waals surface area (Å²) in [4.78, 5) is 4.32. The second-order valence-corrected chi connectivity index (χ2v) is 3.86. The van der Waals surface area contributed by atoms with Gasteiger partial charge in [0.2, 0.25) is 5.89 Å². The van der Waals surface area contributed by atoms with Gasteiger partial charge in [-0.05, 0) is 31.8 Å². The molecule has 4 nitrogen and oxygen atoms in total. The van der Waals surface area contributed by atoms with Crippen LogP contribution in [-0.4, -0.2) is 23.2 Å². The van der Waals surface area contributed by atoms with E-state index in [1.165, 1.54) is 12.8 Å². The number of rotatable bonds is 3. The summed E-state index contributed by atoms with van der Waals surface area (Å²) in [5.41, 5.74) is 0. The molecule has 1 N–H and O–H groups in total. The van der Waals surface area contributed by atoms with Gasteiger partial charge in [-0.15, -0.1) is 0 Å². The molecule has 4 heteroatoms. The largest absolute Gasteiger partial charge is 0.339 e. The van der Waals surface area contributed by atoms with E-state index in [0.717, 1.165) is 43.6 Å². The van der Waals surface area contributed by atoms with Crippen LogP contribution in [0.5, 0.6) is 0 Å². The molecule has 1 aliphatic rings. The van der Waals surface area contributed by atoms with Gasteiger partial charge in [0.05, 0.1) is 0 Å². The molecule has 1 aromatic heterocycles. The minimum Gasteiger partial charge on any atom is -0.339 e. The maximum atomic E-state index is 5.18. The third-order valence-electron chi connectivity index (χ3n) is 2.75. The third kappa shape index (κ3) is 2.32. The Morgan fingerprint density at radius 2 is 2.21 bits per heavy atom. The zero-order chi connectivity index (χ0) is 9.80. The minimum atomic E-state index is 0.724. The van der Waals surface area contributed by atoms with Crippen molar-refractivity contribution in [3.63, 3.8) is 0 Å². The van der Waals surface area contributed by atoms with E-state index < -0.39 is 0 Å². The van der Waals surface area contributed by atoms with Gasteiger partial charge in [0.25, 0.3) is 0 Å². The average Bonchev–Trinajstić information content (AvgIpc) is 2.67. The maximum Gasteiger partial charge on any atom is 0.226 e. The molecule has 2 heterocycles. The summed E-state index contributed by atoms with van der Waals surface area (Å²) in [6.45, 7) is 4.29. The van der Waals surface area contributed by atoms with Crippen LogP contribution >= 0.6 is 0 Å². The summed E-state index contributed by atoms with van der Waals surface area (Å²) in [5.74, 6) is 2.36. The fourth-order valence-electron chi connectivity index (χ4n) is 1.85. The summed E-state index contributed by atoms with van der Waals surface area (Å²) >= 11 is 0. The number of hydrogen-bond acceptors (Lipinski definition) is 4. The number of nitrogens with one attached hydrogen (secondary N) is 1. The molecule has 0 aliphatic carbocycles. The molecule has 1 aromatic rings. The van der Waals surface area contributed by atoms with Crippen LogP contribution in [0.3, 0.4) is 0 Å². The number of aryl methyl sites for hydroxylation is 1. The Kier molecular flexibility index (Phi) is 3.14. The summed E-state index contributed by atoms with van der Waals surface area (Å²) in [5, 5.41) is 7.25. The molecule has 1 aliphatic heterocycles. The average molecular weight is 195 g/mol. The van der Waals surface area contributed by atoms with E-state index in [1.807, 2.05) is 6.92 Å². The quantitative estimate of drug-likeness (QED) is 0.786. The lowest BCUT2D eigenvalue weighted by Gasteiger charge is -2.20. The Morgan fingerprint density at radius 1 is 1.43 bits per heavy atom. The molecule has 1 saturated heterocycles. The molecule has 1 fully saturated rings. The zero-order valence-electron chi connectivity index (χ0n) is 8.62. The molecule has 0 bridgehead atoms. The lowest BCUT2D eigenvalue weighted by molar-refractivity contribution is 0.312. The first-order valence-corrected chi connectivity index (χ1v) is 5.40. The van der Waals surface area contributed by atoms with Gasteiger partial charge in [-0.25, -0.2) is 0 Å². The van der Waals surface area contributed by atoms with Gasteiger partial charge in [-0.3, -0.25) is 0 Å². The Hall–Kier alpha value is -0.900. The Balaban J connectivity index is 1.89. The first kappa shape index (κ1) is 9.65. The predicted octanol–water partition coefficient (Wildman–Crippen LogP) is 1.17. The first-order chi connectivity index (χ1) is 6.88. The minimum absolute atomic E-state index is 0.724. The molecule has 0 spiro atoms. The molecule has 14 heavy (non-hydrogen) atoms. The van der Waals surface area contributed by atoms with Crippen molar-refractivity contribution in [2.24, 2.45) is 5.92 Å². The number of hydrogen-bond donors (Lipinski definition) is 1. The van der Waals surface area contributed by atoms with Crippen LogP contribution in [0.4, 0.5) is 0 Å². The number of aromatic nitrogens is 2. The second kappa shape index (κ2) is 4.55. The fourth-order valence-corrected chi connectivity index (χ4v) is 1.85. The van der Waals surface area contributed by atoms with Crippen molar-refractivity contribution in [2.75, 3.05) is 13.1 Å². The van der Waals surface area contributed by atoms with Gasteiger partial charge in [-0.2, -0.15) is 4.98 Å². The summed E-state index contributed by atoms with van der Waals surface area (Å²) in [6, 6.07) is 0. The number of piperidine rings is 1. The third-order valence-corrected chi connectivity index (χ3v) is 2.75. The molecule has 0 saturated carbocycles. The maximum absolute atomic E-state index is 5.18. The van der Waals surface area contributed by atoms with Gasteiger partial charge in [0.1, 0.15) is 0 Å². The second-order valence-electron chi connectivity index (χ2n) is 3.86. The molecule has 78 valence electrons. The van der Waals surface area contributed by atoms with E-state index in [0.29, 0.717) is 0 Å². The van der Waals surface area contributed by atoms with Crippen molar-refractivity contribution < 1.29 is 4.52 Å². The molecule has 2 rings (SSSR count). The van der Waals surface area contributed by atoms with E-state index in [2.05, 4.69) is 15.5 Å².